The van der Waals surface area contributed by atoms with Gasteiger partial charge in [0.2, 0.25) is 0 Å². The smallest absolute Gasteiger partial charge is 0.146 e. The first-order chi connectivity index (χ1) is 12.5. The minimum Gasteiger partial charge on any atom is -0.379 e. The first-order valence-corrected chi connectivity index (χ1v) is 10.6. The molecular weight excluding hydrogens is 344 g/mol. The predicted molar refractivity (Wildman–Crippen MR) is 108 cm³/mol. The van der Waals surface area contributed by atoms with Crippen molar-refractivity contribution < 1.29 is 4.74 Å². The zero-order chi connectivity index (χ0) is 18.3. The van der Waals surface area contributed by atoms with E-state index in [1.54, 1.807) is 0 Å². The van der Waals surface area contributed by atoms with E-state index in [2.05, 4.69) is 37.5 Å². The van der Waals surface area contributed by atoms with E-state index in [-0.39, 0.29) is 0 Å². The number of fused-ring (bicyclic) bond motifs is 1. The summed E-state index contributed by atoms with van der Waals surface area (Å²) in [4.78, 5) is 17.5. The van der Waals surface area contributed by atoms with Gasteiger partial charge >= 0.3 is 0 Å². The number of rotatable bonds is 3. The van der Waals surface area contributed by atoms with Crippen LogP contribution in [0.15, 0.2) is 0 Å². The van der Waals surface area contributed by atoms with Crippen LogP contribution in [0.1, 0.15) is 36.5 Å². The summed E-state index contributed by atoms with van der Waals surface area (Å²) in [6, 6.07) is 0. The van der Waals surface area contributed by atoms with Crippen molar-refractivity contribution in [2.45, 2.75) is 40.7 Å². The van der Waals surface area contributed by atoms with Gasteiger partial charge in [0, 0.05) is 31.1 Å². The predicted octanol–water partition coefficient (Wildman–Crippen LogP) is 3.62. The van der Waals surface area contributed by atoms with Crippen LogP contribution in [0.5, 0.6) is 0 Å². The Labute approximate surface area is 160 Å². The number of nitrogens with zero attached hydrogens (tertiary/aromatic N) is 4. The van der Waals surface area contributed by atoms with Gasteiger partial charge in [-0.05, 0) is 37.7 Å². The SMILES string of the molecule is Cc1sc2nc(CN3CCOCC3)nc(N3C[C@H](C)C[C@H](C)C3)c2c1C. The van der Waals surface area contributed by atoms with Crippen LogP contribution in [0.3, 0.4) is 0 Å². The second-order valence-corrected chi connectivity index (χ2v) is 9.37. The van der Waals surface area contributed by atoms with Crippen LogP contribution < -0.4 is 4.90 Å². The average molecular weight is 375 g/mol. The number of aryl methyl sites for hydroxylation is 2. The van der Waals surface area contributed by atoms with Gasteiger partial charge in [0.05, 0.1) is 25.1 Å². The van der Waals surface area contributed by atoms with E-state index in [1.807, 2.05) is 11.3 Å². The Morgan fingerprint density at radius 3 is 2.46 bits per heavy atom. The van der Waals surface area contributed by atoms with Gasteiger partial charge in [-0.1, -0.05) is 13.8 Å². The van der Waals surface area contributed by atoms with E-state index < -0.39 is 0 Å². The molecule has 0 amide bonds. The lowest BCUT2D eigenvalue weighted by Gasteiger charge is -2.36. The molecule has 142 valence electrons. The third-order valence-corrected chi connectivity index (χ3v) is 6.79. The van der Waals surface area contributed by atoms with Crippen molar-refractivity contribution in [2.24, 2.45) is 11.8 Å². The van der Waals surface area contributed by atoms with Crippen LogP contribution in [0.4, 0.5) is 5.82 Å². The summed E-state index contributed by atoms with van der Waals surface area (Å²) >= 11 is 1.81. The molecule has 0 N–H and O–H groups in total. The van der Waals surface area contributed by atoms with Gasteiger partial charge in [-0.2, -0.15) is 0 Å². The molecule has 2 aliphatic heterocycles. The lowest BCUT2D eigenvalue weighted by atomic mass is 9.92. The van der Waals surface area contributed by atoms with Crippen molar-refractivity contribution >= 4 is 27.4 Å². The van der Waals surface area contributed by atoms with Crippen LogP contribution in [0, 0.1) is 25.7 Å². The van der Waals surface area contributed by atoms with Crippen molar-refractivity contribution in [3.05, 3.63) is 16.3 Å². The molecule has 0 bridgehead atoms. The molecule has 0 aliphatic carbocycles. The van der Waals surface area contributed by atoms with Crippen molar-refractivity contribution in [3.8, 4) is 0 Å². The van der Waals surface area contributed by atoms with Gasteiger partial charge < -0.3 is 9.64 Å². The summed E-state index contributed by atoms with van der Waals surface area (Å²) in [5.74, 6) is 3.55. The molecule has 0 spiro atoms. The third-order valence-electron chi connectivity index (χ3n) is 5.69. The summed E-state index contributed by atoms with van der Waals surface area (Å²) in [6.07, 6.45) is 1.31. The number of ether oxygens (including phenoxy) is 1. The lowest BCUT2D eigenvalue weighted by molar-refractivity contribution is 0.0331. The van der Waals surface area contributed by atoms with Gasteiger partial charge in [-0.15, -0.1) is 11.3 Å². The maximum atomic E-state index is 5.48. The second kappa shape index (κ2) is 7.41. The molecule has 2 saturated heterocycles. The number of morpholine rings is 1. The molecule has 2 aromatic rings. The molecule has 2 fully saturated rings. The molecular formula is C20H30N4OS. The Bertz CT molecular complexity index is 774. The molecule has 0 saturated carbocycles. The van der Waals surface area contributed by atoms with Crippen LogP contribution >= 0.6 is 11.3 Å². The van der Waals surface area contributed by atoms with E-state index in [9.17, 15) is 0 Å². The molecule has 0 aromatic carbocycles. The van der Waals surface area contributed by atoms with E-state index in [0.717, 1.165) is 56.6 Å². The zero-order valence-electron chi connectivity index (χ0n) is 16.4. The topological polar surface area (TPSA) is 41.5 Å². The quantitative estimate of drug-likeness (QED) is 0.821. The number of anilines is 1. The second-order valence-electron chi connectivity index (χ2n) is 8.17. The normalized spacial score (nSPS) is 25.2. The first-order valence-electron chi connectivity index (χ1n) is 9.83. The maximum absolute atomic E-state index is 5.48. The number of thiophene rings is 1. The van der Waals surface area contributed by atoms with Gasteiger partial charge in [-0.3, -0.25) is 4.90 Å². The fourth-order valence-electron chi connectivity index (χ4n) is 4.37. The van der Waals surface area contributed by atoms with Gasteiger partial charge in [0.1, 0.15) is 16.5 Å². The third kappa shape index (κ3) is 3.59. The summed E-state index contributed by atoms with van der Waals surface area (Å²) in [7, 11) is 0. The van der Waals surface area contributed by atoms with Crippen molar-refractivity contribution in [2.75, 3.05) is 44.3 Å². The lowest BCUT2D eigenvalue weighted by Crippen LogP contribution is -2.40. The van der Waals surface area contributed by atoms with E-state index in [0.29, 0.717) is 11.8 Å². The fraction of sp³-hybridized carbons (Fsp3) is 0.700. The highest BCUT2D eigenvalue weighted by molar-refractivity contribution is 7.18. The first kappa shape index (κ1) is 18.1. The summed E-state index contributed by atoms with van der Waals surface area (Å²) < 4.78 is 5.48. The Kier molecular flexibility index (Phi) is 5.17. The Morgan fingerprint density at radius 1 is 1.08 bits per heavy atom. The monoisotopic (exact) mass is 374 g/mol. The van der Waals surface area contributed by atoms with Crippen molar-refractivity contribution in [3.63, 3.8) is 0 Å². The molecule has 2 aliphatic rings. The number of hydrogen-bond donors (Lipinski definition) is 0. The molecule has 0 radical (unpaired) electrons. The minimum atomic E-state index is 0.714. The molecule has 2 atom stereocenters. The van der Waals surface area contributed by atoms with Gasteiger partial charge in [0.15, 0.2) is 0 Å². The molecule has 0 unspecified atom stereocenters. The van der Waals surface area contributed by atoms with Crippen LogP contribution in [-0.2, 0) is 11.3 Å². The minimum absolute atomic E-state index is 0.714. The van der Waals surface area contributed by atoms with Crippen molar-refractivity contribution in [1.29, 1.82) is 0 Å². The summed E-state index contributed by atoms with van der Waals surface area (Å²) in [5, 5.41) is 1.28. The van der Waals surface area contributed by atoms with E-state index in [1.165, 1.54) is 28.1 Å². The zero-order valence-corrected chi connectivity index (χ0v) is 17.2. The largest absolute Gasteiger partial charge is 0.379 e. The standard InChI is InChI=1S/C20H30N4OS/c1-13-9-14(2)11-24(10-13)19-18-15(3)16(4)26-20(18)22-17(21-19)12-23-5-7-25-8-6-23/h13-14H,5-12H2,1-4H3/t13-,14+. The number of piperidine rings is 1. The molecule has 26 heavy (non-hydrogen) atoms. The van der Waals surface area contributed by atoms with E-state index in [4.69, 9.17) is 14.7 Å². The van der Waals surface area contributed by atoms with Gasteiger partial charge in [0.25, 0.3) is 0 Å². The van der Waals surface area contributed by atoms with Crippen LogP contribution in [0.2, 0.25) is 0 Å². The highest BCUT2D eigenvalue weighted by Crippen LogP contribution is 2.37. The average Bonchev–Trinajstić information content (AvgIpc) is 2.88. The summed E-state index contributed by atoms with van der Waals surface area (Å²) in [5.41, 5.74) is 1.35. The number of aromatic nitrogens is 2. The highest BCUT2D eigenvalue weighted by Gasteiger charge is 2.26. The van der Waals surface area contributed by atoms with Crippen LogP contribution in [0.25, 0.3) is 10.2 Å². The Morgan fingerprint density at radius 2 is 1.77 bits per heavy atom. The molecule has 6 heteroatoms. The molecule has 4 rings (SSSR count). The molecule has 2 aromatic heterocycles. The Hall–Kier alpha value is -1.24. The number of hydrogen-bond acceptors (Lipinski definition) is 6. The van der Waals surface area contributed by atoms with Crippen molar-refractivity contribution in [1.82, 2.24) is 14.9 Å². The van der Waals surface area contributed by atoms with E-state index >= 15 is 0 Å². The molecule has 5 nitrogen and oxygen atoms in total. The summed E-state index contributed by atoms with van der Waals surface area (Å²) in [6.45, 7) is 15.7. The fourth-order valence-corrected chi connectivity index (χ4v) is 5.41. The maximum Gasteiger partial charge on any atom is 0.146 e. The Balaban J connectivity index is 1.73. The highest BCUT2D eigenvalue weighted by atomic mass is 32.1. The van der Waals surface area contributed by atoms with Gasteiger partial charge in [-0.25, -0.2) is 9.97 Å². The molecule has 4 heterocycles. The van der Waals surface area contributed by atoms with Crippen LogP contribution in [-0.4, -0.2) is 54.3 Å².